The first kappa shape index (κ1) is 12.2. The smallest absolute Gasteiger partial charge is 0.118 e. The highest BCUT2D eigenvalue weighted by molar-refractivity contribution is 5.36. The Bertz CT molecular complexity index is 560. The molecule has 1 aliphatic carbocycles. The Morgan fingerprint density at radius 3 is 2.53 bits per heavy atom. The van der Waals surface area contributed by atoms with E-state index in [4.69, 9.17) is 4.74 Å². The van der Waals surface area contributed by atoms with Crippen molar-refractivity contribution in [1.82, 2.24) is 0 Å². The average molecular weight is 254 g/mol. The van der Waals surface area contributed by atoms with Gasteiger partial charge in [-0.25, -0.2) is 0 Å². The van der Waals surface area contributed by atoms with Crippen molar-refractivity contribution in [3.8, 4) is 5.75 Å². The standard InChI is InChI=1S/C17H18O2/c1-19-15-8-6-12(7-9-15)10-14-11-13-4-2-3-5-16(13)17(14)18/h2-9,14,17-18H,10-11H2,1H3. The predicted molar refractivity (Wildman–Crippen MR) is 75.3 cm³/mol. The topological polar surface area (TPSA) is 29.5 Å². The maximum Gasteiger partial charge on any atom is 0.118 e. The fraction of sp³-hybridized carbons (Fsp3) is 0.294. The van der Waals surface area contributed by atoms with Crippen LogP contribution in [0.3, 0.4) is 0 Å². The molecule has 0 heterocycles. The Morgan fingerprint density at radius 2 is 1.84 bits per heavy atom. The fourth-order valence-electron chi connectivity index (χ4n) is 2.90. The molecule has 2 unspecified atom stereocenters. The minimum absolute atomic E-state index is 0.283. The molecule has 0 bridgehead atoms. The number of aliphatic hydroxyl groups is 1. The van der Waals surface area contributed by atoms with Crippen molar-refractivity contribution in [1.29, 1.82) is 0 Å². The number of benzene rings is 2. The molecule has 98 valence electrons. The molecule has 1 aliphatic rings. The van der Waals surface area contributed by atoms with E-state index in [1.54, 1.807) is 7.11 Å². The van der Waals surface area contributed by atoms with Gasteiger partial charge in [0.25, 0.3) is 0 Å². The van der Waals surface area contributed by atoms with Crippen LogP contribution < -0.4 is 4.74 Å². The lowest BCUT2D eigenvalue weighted by atomic mass is 9.94. The number of rotatable bonds is 3. The van der Waals surface area contributed by atoms with Crippen LogP contribution in [0.4, 0.5) is 0 Å². The van der Waals surface area contributed by atoms with Crippen molar-refractivity contribution < 1.29 is 9.84 Å². The van der Waals surface area contributed by atoms with E-state index in [0.717, 1.165) is 24.2 Å². The summed E-state index contributed by atoms with van der Waals surface area (Å²) in [6.07, 6.45) is 1.53. The minimum atomic E-state index is -0.335. The van der Waals surface area contributed by atoms with Gasteiger partial charge in [0.15, 0.2) is 0 Å². The molecule has 0 aromatic heterocycles. The third-order valence-corrected chi connectivity index (χ3v) is 3.96. The zero-order chi connectivity index (χ0) is 13.2. The Balaban J connectivity index is 1.75. The van der Waals surface area contributed by atoms with Gasteiger partial charge in [0, 0.05) is 0 Å². The second-order valence-electron chi connectivity index (χ2n) is 5.16. The Hall–Kier alpha value is -1.80. The normalized spacial score (nSPS) is 21.2. The summed E-state index contributed by atoms with van der Waals surface area (Å²) in [4.78, 5) is 0. The van der Waals surface area contributed by atoms with Gasteiger partial charge in [0.1, 0.15) is 5.75 Å². The van der Waals surface area contributed by atoms with Gasteiger partial charge in [0.2, 0.25) is 0 Å². The molecule has 0 fully saturated rings. The Kier molecular flexibility index (Phi) is 3.26. The summed E-state index contributed by atoms with van der Waals surface area (Å²) in [5.74, 6) is 1.16. The summed E-state index contributed by atoms with van der Waals surface area (Å²) in [5, 5.41) is 10.4. The van der Waals surface area contributed by atoms with Crippen molar-refractivity contribution in [2.75, 3.05) is 7.11 Å². The van der Waals surface area contributed by atoms with E-state index >= 15 is 0 Å². The first-order valence-corrected chi connectivity index (χ1v) is 6.66. The van der Waals surface area contributed by atoms with E-state index in [2.05, 4.69) is 18.2 Å². The van der Waals surface area contributed by atoms with Crippen LogP contribution in [0.1, 0.15) is 22.8 Å². The number of fused-ring (bicyclic) bond motifs is 1. The Labute approximate surface area is 113 Å². The van der Waals surface area contributed by atoms with Crippen LogP contribution in [0.5, 0.6) is 5.75 Å². The van der Waals surface area contributed by atoms with Crippen LogP contribution in [0, 0.1) is 5.92 Å². The van der Waals surface area contributed by atoms with Crippen LogP contribution in [0.25, 0.3) is 0 Å². The largest absolute Gasteiger partial charge is 0.497 e. The van der Waals surface area contributed by atoms with Gasteiger partial charge in [-0.1, -0.05) is 36.4 Å². The lowest BCUT2D eigenvalue weighted by Crippen LogP contribution is -2.10. The molecule has 2 aromatic carbocycles. The summed E-state index contributed by atoms with van der Waals surface area (Å²) in [7, 11) is 1.67. The molecular formula is C17H18O2. The molecule has 0 saturated carbocycles. The van der Waals surface area contributed by atoms with Gasteiger partial charge in [-0.2, -0.15) is 0 Å². The van der Waals surface area contributed by atoms with E-state index in [9.17, 15) is 5.11 Å². The first-order valence-electron chi connectivity index (χ1n) is 6.66. The first-order chi connectivity index (χ1) is 9.28. The molecule has 2 atom stereocenters. The molecule has 2 aromatic rings. The van der Waals surface area contributed by atoms with Crippen molar-refractivity contribution in [3.05, 3.63) is 65.2 Å². The van der Waals surface area contributed by atoms with Crippen LogP contribution >= 0.6 is 0 Å². The minimum Gasteiger partial charge on any atom is -0.497 e. The van der Waals surface area contributed by atoms with Crippen molar-refractivity contribution in [2.45, 2.75) is 18.9 Å². The molecule has 0 amide bonds. The molecule has 0 aliphatic heterocycles. The number of aliphatic hydroxyl groups excluding tert-OH is 1. The monoisotopic (exact) mass is 254 g/mol. The van der Waals surface area contributed by atoms with Crippen molar-refractivity contribution in [3.63, 3.8) is 0 Å². The lowest BCUT2D eigenvalue weighted by molar-refractivity contribution is 0.123. The van der Waals surface area contributed by atoms with Gasteiger partial charge in [-0.3, -0.25) is 0 Å². The number of methoxy groups -OCH3 is 1. The maximum atomic E-state index is 10.4. The van der Waals surface area contributed by atoms with Gasteiger partial charge in [0.05, 0.1) is 13.2 Å². The number of hydrogen-bond donors (Lipinski definition) is 1. The summed E-state index contributed by atoms with van der Waals surface area (Å²) < 4.78 is 5.16. The quantitative estimate of drug-likeness (QED) is 0.911. The molecule has 0 spiro atoms. The molecule has 19 heavy (non-hydrogen) atoms. The molecule has 2 nitrogen and oxygen atoms in total. The molecule has 0 radical (unpaired) electrons. The average Bonchev–Trinajstić information content (AvgIpc) is 2.77. The fourth-order valence-corrected chi connectivity index (χ4v) is 2.90. The second kappa shape index (κ2) is 5.06. The maximum absolute atomic E-state index is 10.4. The summed E-state index contributed by atoms with van der Waals surface area (Å²) in [6, 6.07) is 16.3. The third-order valence-electron chi connectivity index (χ3n) is 3.96. The van der Waals surface area contributed by atoms with Gasteiger partial charge in [-0.15, -0.1) is 0 Å². The van der Waals surface area contributed by atoms with E-state index in [1.165, 1.54) is 11.1 Å². The number of hydrogen-bond acceptors (Lipinski definition) is 2. The lowest BCUT2D eigenvalue weighted by Gasteiger charge is -2.15. The van der Waals surface area contributed by atoms with Gasteiger partial charge < -0.3 is 9.84 Å². The van der Waals surface area contributed by atoms with Crippen LogP contribution in [-0.2, 0) is 12.8 Å². The highest BCUT2D eigenvalue weighted by atomic mass is 16.5. The highest BCUT2D eigenvalue weighted by Gasteiger charge is 2.30. The zero-order valence-corrected chi connectivity index (χ0v) is 11.0. The summed E-state index contributed by atoms with van der Waals surface area (Å²) >= 11 is 0. The SMILES string of the molecule is COc1ccc(CC2Cc3ccccc3C2O)cc1. The Morgan fingerprint density at radius 1 is 1.11 bits per heavy atom. The van der Waals surface area contributed by atoms with Crippen LogP contribution in [-0.4, -0.2) is 12.2 Å². The second-order valence-corrected chi connectivity index (χ2v) is 5.16. The van der Waals surface area contributed by atoms with Gasteiger partial charge in [-0.05, 0) is 47.6 Å². The third kappa shape index (κ3) is 2.36. The van der Waals surface area contributed by atoms with E-state index in [1.807, 2.05) is 30.3 Å². The molecule has 3 rings (SSSR count). The molecule has 2 heteroatoms. The van der Waals surface area contributed by atoms with Crippen LogP contribution in [0.2, 0.25) is 0 Å². The number of ether oxygens (including phenoxy) is 1. The van der Waals surface area contributed by atoms with E-state index < -0.39 is 0 Å². The highest BCUT2D eigenvalue weighted by Crippen LogP contribution is 2.37. The van der Waals surface area contributed by atoms with Crippen molar-refractivity contribution in [2.24, 2.45) is 5.92 Å². The molecular weight excluding hydrogens is 236 g/mol. The zero-order valence-electron chi connectivity index (χ0n) is 11.0. The van der Waals surface area contributed by atoms with Crippen molar-refractivity contribution >= 4 is 0 Å². The van der Waals surface area contributed by atoms with Gasteiger partial charge >= 0.3 is 0 Å². The van der Waals surface area contributed by atoms with Crippen LogP contribution in [0.15, 0.2) is 48.5 Å². The van der Waals surface area contributed by atoms with E-state index in [0.29, 0.717) is 0 Å². The summed E-state index contributed by atoms with van der Waals surface area (Å²) in [6.45, 7) is 0. The predicted octanol–water partition coefficient (Wildman–Crippen LogP) is 3.14. The summed E-state index contributed by atoms with van der Waals surface area (Å²) in [5.41, 5.74) is 3.63. The molecule has 0 saturated heterocycles. The van der Waals surface area contributed by atoms with E-state index in [-0.39, 0.29) is 12.0 Å². The molecule has 1 N–H and O–H groups in total.